The molecule has 0 atom stereocenters. The maximum Gasteiger partial charge on any atom is 0.240 e. The molecule has 5 nitrogen and oxygen atoms in total. The van der Waals surface area contributed by atoms with Gasteiger partial charge in [0.15, 0.2) is 0 Å². The predicted octanol–water partition coefficient (Wildman–Crippen LogP) is 1.62. The van der Waals surface area contributed by atoms with E-state index < -0.39 is 10.0 Å². The van der Waals surface area contributed by atoms with Crippen LogP contribution in [0.2, 0.25) is 0 Å². The van der Waals surface area contributed by atoms with Gasteiger partial charge in [-0.05, 0) is 22.8 Å². The normalized spacial score (nSPS) is 21.3. The van der Waals surface area contributed by atoms with Crippen LogP contribution < -0.4 is 10.5 Å². The van der Waals surface area contributed by atoms with Crippen LogP contribution in [0.1, 0.15) is 27.7 Å². The fourth-order valence-electron chi connectivity index (χ4n) is 2.71. The summed E-state index contributed by atoms with van der Waals surface area (Å²) in [4.78, 5) is 3.96. The van der Waals surface area contributed by atoms with Gasteiger partial charge in [-0.3, -0.25) is 0 Å². The molecule has 1 saturated carbocycles. The largest absolute Gasteiger partial charge is 0.384 e. The lowest BCUT2D eigenvalue weighted by Crippen LogP contribution is -2.27. The van der Waals surface area contributed by atoms with Gasteiger partial charge < -0.3 is 5.73 Å². The minimum Gasteiger partial charge on any atom is -0.384 e. The van der Waals surface area contributed by atoms with E-state index in [9.17, 15) is 8.42 Å². The number of hydrogen-bond donors (Lipinski definition) is 2. The lowest BCUT2D eigenvalue weighted by molar-refractivity contribution is 0.457. The average Bonchev–Trinajstić information content (AvgIpc) is 2.67. The minimum atomic E-state index is -3.51. The molecular weight excluding hydrogens is 262 g/mol. The number of nitrogens with one attached hydrogen (secondary N) is 1. The summed E-state index contributed by atoms with van der Waals surface area (Å²) in [6.45, 7) is 9.10. The van der Waals surface area contributed by atoms with Crippen LogP contribution in [0, 0.1) is 16.7 Å². The summed E-state index contributed by atoms with van der Waals surface area (Å²) >= 11 is 0. The van der Waals surface area contributed by atoms with E-state index in [0.29, 0.717) is 12.5 Å². The van der Waals surface area contributed by atoms with Gasteiger partial charge in [0, 0.05) is 18.8 Å². The molecule has 2 rings (SSSR count). The van der Waals surface area contributed by atoms with Crippen molar-refractivity contribution < 1.29 is 8.42 Å². The molecule has 19 heavy (non-hydrogen) atoms. The molecule has 1 aromatic rings. The van der Waals surface area contributed by atoms with Gasteiger partial charge in [0.2, 0.25) is 10.0 Å². The molecule has 0 radical (unpaired) electrons. The molecule has 106 valence electrons. The highest BCUT2D eigenvalue weighted by Crippen LogP contribution is 2.67. The van der Waals surface area contributed by atoms with Crippen molar-refractivity contribution in [3.63, 3.8) is 0 Å². The molecule has 1 heterocycles. The van der Waals surface area contributed by atoms with Crippen LogP contribution >= 0.6 is 0 Å². The minimum absolute atomic E-state index is 0.160. The molecule has 3 N–H and O–H groups in total. The fourth-order valence-corrected chi connectivity index (χ4v) is 3.78. The Morgan fingerprint density at radius 2 is 1.89 bits per heavy atom. The molecule has 0 spiro atoms. The fraction of sp³-hybridized carbons (Fsp3) is 0.615. The zero-order valence-corrected chi connectivity index (χ0v) is 12.6. The van der Waals surface area contributed by atoms with Crippen LogP contribution in [0.4, 0.5) is 5.82 Å². The summed E-state index contributed by atoms with van der Waals surface area (Å²) in [5.74, 6) is 0.545. The molecule has 0 saturated heterocycles. The van der Waals surface area contributed by atoms with E-state index in [1.807, 2.05) is 0 Å². The summed E-state index contributed by atoms with van der Waals surface area (Å²) in [6.07, 6.45) is 1.40. The van der Waals surface area contributed by atoms with Crippen LogP contribution in [-0.2, 0) is 10.0 Å². The third-order valence-electron chi connectivity index (χ3n) is 4.86. The molecule has 0 aromatic carbocycles. The maximum atomic E-state index is 12.1. The molecule has 6 heteroatoms. The summed E-state index contributed by atoms with van der Waals surface area (Å²) in [5.41, 5.74) is 5.83. The van der Waals surface area contributed by atoms with Crippen LogP contribution in [0.25, 0.3) is 0 Å². The number of pyridine rings is 1. The average molecular weight is 283 g/mol. The molecule has 1 aromatic heterocycles. The third kappa shape index (κ3) is 2.34. The van der Waals surface area contributed by atoms with Crippen molar-refractivity contribution in [1.29, 1.82) is 0 Å². The van der Waals surface area contributed by atoms with Gasteiger partial charge >= 0.3 is 0 Å². The van der Waals surface area contributed by atoms with E-state index in [4.69, 9.17) is 5.73 Å². The van der Waals surface area contributed by atoms with Crippen LogP contribution in [0.15, 0.2) is 23.2 Å². The second kappa shape index (κ2) is 4.18. The Morgan fingerprint density at radius 3 is 2.37 bits per heavy atom. The van der Waals surface area contributed by atoms with Gasteiger partial charge in [-0.15, -0.1) is 0 Å². The smallest absolute Gasteiger partial charge is 0.240 e. The Kier molecular flexibility index (Phi) is 3.14. The molecule has 1 aliphatic rings. The molecule has 1 fully saturated rings. The van der Waals surface area contributed by atoms with Crippen molar-refractivity contribution in [3.05, 3.63) is 18.3 Å². The van der Waals surface area contributed by atoms with Gasteiger partial charge in [-0.25, -0.2) is 18.1 Å². The highest BCUT2D eigenvalue weighted by Gasteiger charge is 2.64. The van der Waals surface area contributed by atoms with Gasteiger partial charge in [-0.1, -0.05) is 27.7 Å². The van der Waals surface area contributed by atoms with Crippen LogP contribution in [0.3, 0.4) is 0 Å². The van der Waals surface area contributed by atoms with E-state index in [0.717, 1.165) is 0 Å². The summed E-state index contributed by atoms with van der Waals surface area (Å²) in [7, 11) is -3.51. The van der Waals surface area contributed by atoms with Crippen molar-refractivity contribution in [1.82, 2.24) is 9.71 Å². The lowest BCUT2D eigenvalue weighted by atomic mass is 10.0. The highest BCUT2D eigenvalue weighted by molar-refractivity contribution is 7.89. The van der Waals surface area contributed by atoms with Crippen molar-refractivity contribution in [3.8, 4) is 0 Å². The first kappa shape index (κ1) is 14.3. The van der Waals surface area contributed by atoms with E-state index in [2.05, 4.69) is 37.4 Å². The SMILES string of the molecule is CC1(C)C(CNS(=O)(=O)c2ccnc(N)c2)C1(C)C. The van der Waals surface area contributed by atoms with E-state index in [-0.39, 0.29) is 21.5 Å². The maximum absolute atomic E-state index is 12.1. The van der Waals surface area contributed by atoms with Gasteiger partial charge in [0.05, 0.1) is 4.90 Å². The standard InChI is InChI=1S/C13H21N3O2S/c1-12(2)10(13(12,3)4)8-16-19(17,18)9-5-6-15-11(14)7-9/h5-7,10,16H,8H2,1-4H3,(H2,14,15). The number of hydrogen-bond acceptors (Lipinski definition) is 4. The number of nitrogen functional groups attached to an aromatic ring is 1. The van der Waals surface area contributed by atoms with Crippen LogP contribution in [-0.4, -0.2) is 19.9 Å². The predicted molar refractivity (Wildman–Crippen MR) is 74.9 cm³/mol. The van der Waals surface area contributed by atoms with E-state index >= 15 is 0 Å². The summed E-state index contributed by atoms with van der Waals surface area (Å²) in [5, 5.41) is 0. The molecule has 1 aliphatic carbocycles. The first-order valence-electron chi connectivity index (χ1n) is 6.30. The highest BCUT2D eigenvalue weighted by atomic mass is 32.2. The number of rotatable bonds is 4. The van der Waals surface area contributed by atoms with Gasteiger partial charge in [0.1, 0.15) is 5.82 Å². The first-order valence-corrected chi connectivity index (χ1v) is 7.78. The number of nitrogens with zero attached hydrogens (tertiary/aromatic N) is 1. The zero-order valence-electron chi connectivity index (χ0n) is 11.8. The molecule has 0 bridgehead atoms. The monoisotopic (exact) mass is 283 g/mol. The van der Waals surface area contributed by atoms with Crippen molar-refractivity contribution in [2.75, 3.05) is 12.3 Å². The van der Waals surface area contributed by atoms with Gasteiger partial charge in [-0.2, -0.15) is 0 Å². The van der Waals surface area contributed by atoms with Crippen molar-refractivity contribution in [2.45, 2.75) is 32.6 Å². The second-order valence-electron chi connectivity index (χ2n) is 6.26. The van der Waals surface area contributed by atoms with Crippen LogP contribution in [0.5, 0.6) is 0 Å². The van der Waals surface area contributed by atoms with Crippen molar-refractivity contribution in [2.24, 2.45) is 16.7 Å². The van der Waals surface area contributed by atoms with Gasteiger partial charge in [0.25, 0.3) is 0 Å². The van der Waals surface area contributed by atoms with E-state index in [1.165, 1.54) is 18.3 Å². The number of sulfonamides is 1. The quantitative estimate of drug-likeness (QED) is 0.879. The molecular formula is C13H21N3O2S. The number of anilines is 1. The Bertz CT molecular complexity index is 580. The Morgan fingerprint density at radius 1 is 1.32 bits per heavy atom. The second-order valence-corrected chi connectivity index (χ2v) is 8.03. The van der Waals surface area contributed by atoms with Crippen molar-refractivity contribution >= 4 is 15.8 Å². The summed E-state index contributed by atoms with van der Waals surface area (Å²) in [6, 6.07) is 2.81. The lowest BCUT2D eigenvalue weighted by Gasteiger charge is -2.08. The van der Waals surface area contributed by atoms with E-state index in [1.54, 1.807) is 0 Å². The Balaban J connectivity index is 2.08. The topological polar surface area (TPSA) is 85.1 Å². The molecule has 0 amide bonds. The molecule has 0 aliphatic heterocycles. The first-order chi connectivity index (χ1) is 8.59. The summed E-state index contributed by atoms with van der Waals surface area (Å²) < 4.78 is 27.0. The number of nitrogens with two attached hydrogens (primary N) is 1. The molecule has 0 unspecified atom stereocenters. The third-order valence-corrected chi connectivity index (χ3v) is 6.28. The Hall–Kier alpha value is -1.14. The Labute approximate surface area is 114 Å². The number of aromatic nitrogens is 1. The zero-order chi connectivity index (χ0) is 14.5.